The van der Waals surface area contributed by atoms with E-state index >= 15 is 0 Å². The van der Waals surface area contributed by atoms with Gasteiger partial charge in [0, 0.05) is 25.7 Å². The fourth-order valence-corrected chi connectivity index (χ4v) is 2.74. The van der Waals surface area contributed by atoms with Gasteiger partial charge in [0.1, 0.15) is 0 Å². The smallest absolute Gasteiger partial charge is 0.0752 e. The summed E-state index contributed by atoms with van der Waals surface area (Å²) in [7, 11) is 0. The largest absolute Gasteiger partial charge is 0.375 e. The fourth-order valence-electron chi connectivity index (χ4n) is 2.74. The van der Waals surface area contributed by atoms with Crippen LogP contribution in [0.3, 0.4) is 0 Å². The van der Waals surface area contributed by atoms with Crippen molar-refractivity contribution < 1.29 is 4.74 Å². The summed E-state index contributed by atoms with van der Waals surface area (Å²) in [4.78, 5) is 2.57. The zero-order chi connectivity index (χ0) is 12.7. The Morgan fingerprint density at radius 3 is 2.76 bits per heavy atom. The monoisotopic (exact) mass is 242 g/mol. The molecule has 17 heavy (non-hydrogen) atoms. The Hall–Kier alpha value is -0.120. The second kappa shape index (κ2) is 7.34. The lowest BCUT2D eigenvalue weighted by atomic mass is 10.1. The Morgan fingerprint density at radius 1 is 1.35 bits per heavy atom. The number of hydrogen-bond donors (Lipinski definition) is 1. The standard InChI is InChI=1S/C14H30N2O/c1-5-8-13-11-16(10-7-9-15-13)12-14(3,4)17-6-2/h13,15H,5-12H2,1-4H3. The van der Waals surface area contributed by atoms with Gasteiger partial charge in [-0.25, -0.2) is 0 Å². The van der Waals surface area contributed by atoms with Gasteiger partial charge in [0.05, 0.1) is 5.60 Å². The fraction of sp³-hybridized carbons (Fsp3) is 1.00. The second-order valence-corrected chi connectivity index (χ2v) is 5.72. The first-order chi connectivity index (χ1) is 8.07. The molecule has 1 aliphatic rings. The molecule has 1 fully saturated rings. The summed E-state index contributed by atoms with van der Waals surface area (Å²) < 4.78 is 5.81. The van der Waals surface area contributed by atoms with Gasteiger partial charge in [0.2, 0.25) is 0 Å². The minimum absolute atomic E-state index is 0.0180. The lowest BCUT2D eigenvalue weighted by Crippen LogP contribution is -2.45. The van der Waals surface area contributed by atoms with Crippen molar-refractivity contribution in [1.29, 1.82) is 0 Å². The minimum atomic E-state index is -0.0180. The maximum Gasteiger partial charge on any atom is 0.0752 e. The molecule has 0 radical (unpaired) electrons. The summed E-state index contributed by atoms with van der Waals surface area (Å²) in [5.74, 6) is 0. The van der Waals surface area contributed by atoms with Crippen LogP contribution >= 0.6 is 0 Å². The Kier molecular flexibility index (Phi) is 6.45. The van der Waals surface area contributed by atoms with Crippen LogP contribution in [0.15, 0.2) is 0 Å². The average molecular weight is 242 g/mol. The molecule has 0 aliphatic carbocycles. The maximum atomic E-state index is 5.81. The van der Waals surface area contributed by atoms with E-state index in [1.807, 2.05) is 0 Å². The van der Waals surface area contributed by atoms with Crippen LogP contribution in [-0.2, 0) is 4.74 Å². The summed E-state index contributed by atoms with van der Waals surface area (Å²) in [5, 5.41) is 3.65. The molecule has 0 aromatic rings. The molecular formula is C14H30N2O. The van der Waals surface area contributed by atoms with Crippen LogP contribution in [0.25, 0.3) is 0 Å². The Bertz CT molecular complexity index is 206. The highest BCUT2D eigenvalue weighted by Crippen LogP contribution is 2.14. The van der Waals surface area contributed by atoms with E-state index in [2.05, 4.69) is 37.9 Å². The van der Waals surface area contributed by atoms with Crippen LogP contribution in [0, 0.1) is 0 Å². The molecule has 0 aromatic heterocycles. The first-order valence-electron chi connectivity index (χ1n) is 7.17. The van der Waals surface area contributed by atoms with E-state index in [1.165, 1.54) is 32.4 Å². The third-order valence-electron chi connectivity index (χ3n) is 3.34. The van der Waals surface area contributed by atoms with Gasteiger partial charge >= 0.3 is 0 Å². The normalized spacial score (nSPS) is 23.6. The van der Waals surface area contributed by atoms with Crippen LogP contribution in [0.2, 0.25) is 0 Å². The van der Waals surface area contributed by atoms with Crippen molar-refractivity contribution in [1.82, 2.24) is 10.2 Å². The molecule has 0 bridgehead atoms. The zero-order valence-corrected chi connectivity index (χ0v) is 12.1. The highest BCUT2D eigenvalue weighted by molar-refractivity contribution is 4.81. The summed E-state index contributed by atoms with van der Waals surface area (Å²) in [6.07, 6.45) is 3.80. The highest BCUT2D eigenvalue weighted by Gasteiger charge is 2.24. The van der Waals surface area contributed by atoms with Crippen LogP contribution in [0.5, 0.6) is 0 Å². The maximum absolute atomic E-state index is 5.81. The molecule has 0 saturated carbocycles. The molecule has 3 nitrogen and oxygen atoms in total. The van der Waals surface area contributed by atoms with E-state index in [0.29, 0.717) is 6.04 Å². The summed E-state index contributed by atoms with van der Waals surface area (Å²) in [6.45, 7) is 14.1. The third-order valence-corrected chi connectivity index (χ3v) is 3.34. The molecule has 1 rings (SSSR count). The van der Waals surface area contributed by atoms with Crippen LogP contribution in [0.4, 0.5) is 0 Å². The van der Waals surface area contributed by atoms with E-state index in [-0.39, 0.29) is 5.60 Å². The first-order valence-corrected chi connectivity index (χ1v) is 7.17. The Balaban J connectivity index is 2.45. The second-order valence-electron chi connectivity index (χ2n) is 5.72. The predicted molar refractivity (Wildman–Crippen MR) is 73.5 cm³/mol. The van der Waals surface area contributed by atoms with Crippen molar-refractivity contribution in [2.24, 2.45) is 0 Å². The van der Waals surface area contributed by atoms with E-state index in [0.717, 1.165) is 19.7 Å². The van der Waals surface area contributed by atoms with Gasteiger partial charge in [-0.05, 0) is 46.7 Å². The molecule has 1 aliphatic heterocycles. The zero-order valence-electron chi connectivity index (χ0n) is 12.1. The van der Waals surface area contributed by atoms with Crippen molar-refractivity contribution in [3.05, 3.63) is 0 Å². The SMILES string of the molecule is CCCC1CN(CC(C)(C)OCC)CCCN1. The number of rotatable bonds is 6. The van der Waals surface area contributed by atoms with Crippen molar-refractivity contribution in [2.45, 2.75) is 58.6 Å². The predicted octanol–water partition coefficient (Wildman–Crippen LogP) is 2.27. The molecule has 1 atom stereocenters. The van der Waals surface area contributed by atoms with Crippen molar-refractivity contribution in [2.75, 3.05) is 32.8 Å². The quantitative estimate of drug-likeness (QED) is 0.773. The topological polar surface area (TPSA) is 24.5 Å². The molecule has 1 saturated heterocycles. The van der Waals surface area contributed by atoms with Gasteiger partial charge in [0.25, 0.3) is 0 Å². The minimum Gasteiger partial charge on any atom is -0.375 e. The van der Waals surface area contributed by atoms with Gasteiger partial charge in [-0.15, -0.1) is 0 Å². The molecule has 1 heterocycles. The van der Waals surface area contributed by atoms with Gasteiger partial charge in [0.15, 0.2) is 0 Å². The molecule has 102 valence electrons. The Morgan fingerprint density at radius 2 is 2.12 bits per heavy atom. The molecule has 3 heteroatoms. The van der Waals surface area contributed by atoms with Crippen LogP contribution in [-0.4, -0.2) is 49.3 Å². The van der Waals surface area contributed by atoms with Crippen LogP contribution in [0.1, 0.15) is 47.0 Å². The van der Waals surface area contributed by atoms with Gasteiger partial charge in [-0.2, -0.15) is 0 Å². The van der Waals surface area contributed by atoms with Crippen molar-refractivity contribution in [3.8, 4) is 0 Å². The Labute approximate surface area is 107 Å². The summed E-state index contributed by atoms with van der Waals surface area (Å²) in [6, 6.07) is 0.667. The van der Waals surface area contributed by atoms with Crippen molar-refractivity contribution >= 4 is 0 Å². The highest BCUT2D eigenvalue weighted by atomic mass is 16.5. The van der Waals surface area contributed by atoms with E-state index < -0.39 is 0 Å². The summed E-state index contributed by atoms with van der Waals surface area (Å²) in [5.41, 5.74) is -0.0180. The molecule has 0 amide bonds. The van der Waals surface area contributed by atoms with Gasteiger partial charge in [-0.3, -0.25) is 4.90 Å². The number of ether oxygens (including phenoxy) is 1. The van der Waals surface area contributed by atoms with Crippen molar-refractivity contribution in [3.63, 3.8) is 0 Å². The third kappa shape index (κ3) is 5.84. The van der Waals surface area contributed by atoms with Crippen LogP contribution < -0.4 is 5.32 Å². The first kappa shape index (κ1) is 14.9. The van der Waals surface area contributed by atoms with E-state index in [1.54, 1.807) is 0 Å². The molecule has 1 N–H and O–H groups in total. The molecule has 0 aromatic carbocycles. The number of nitrogens with one attached hydrogen (secondary N) is 1. The van der Waals surface area contributed by atoms with E-state index in [4.69, 9.17) is 4.74 Å². The number of nitrogens with zero attached hydrogens (tertiary/aromatic N) is 1. The van der Waals surface area contributed by atoms with E-state index in [9.17, 15) is 0 Å². The molecule has 0 spiro atoms. The summed E-state index contributed by atoms with van der Waals surface area (Å²) >= 11 is 0. The van der Waals surface area contributed by atoms with Gasteiger partial charge in [-0.1, -0.05) is 13.3 Å². The lowest BCUT2D eigenvalue weighted by Gasteiger charge is -2.33. The number of hydrogen-bond acceptors (Lipinski definition) is 3. The average Bonchev–Trinajstić information content (AvgIpc) is 2.43. The van der Waals surface area contributed by atoms with Gasteiger partial charge < -0.3 is 10.1 Å². The lowest BCUT2D eigenvalue weighted by molar-refractivity contribution is -0.0343. The molecule has 1 unspecified atom stereocenters. The molecular weight excluding hydrogens is 212 g/mol.